The quantitative estimate of drug-likeness (QED) is 0.438. The summed E-state index contributed by atoms with van der Waals surface area (Å²) in [4.78, 5) is 4.71. The normalized spacial score (nSPS) is 30.8. The summed E-state index contributed by atoms with van der Waals surface area (Å²) >= 11 is 0. The van der Waals surface area contributed by atoms with Crippen LogP contribution in [-0.2, 0) is 11.3 Å². The van der Waals surface area contributed by atoms with E-state index in [0.717, 1.165) is 24.7 Å². The van der Waals surface area contributed by atoms with Crippen molar-refractivity contribution in [3.63, 3.8) is 0 Å². The molecule has 5 nitrogen and oxygen atoms in total. The molecule has 2 heterocycles. The highest BCUT2D eigenvalue weighted by molar-refractivity contribution is 14.0. The molecule has 2 saturated carbocycles. The number of hydrogen-bond acceptors (Lipinski definition) is 3. The number of guanidine groups is 1. The second-order valence-electron chi connectivity index (χ2n) is 6.78. The molecule has 2 aliphatic carbocycles. The number of fused-ring (bicyclic) bond motifs is 2. The van der Waals surface area contributed by atoms with Crippen molar-refractivity contribution in [2.24, 2.45) is 16.3 Å². The summed E-state index contributed by atoms with van der Waals surface area (Å²) in [6.07, 6.45) is 9.07. The van der Waals surface area contributed by atoms with Crippen molar-refractivity contribution in [1.82, 2.24) is 10.6 Å². The van der Waals surface area contributed by atoms with Gasteiger partial charge in [-0.3, -0.25) is 0 Å². The Bertz CT molecular complexity index is 542. The first-order valence-electron chi connectivity index (χ1n) is 8.51. The topological polar surface area (TPSA) is 58.8 Å². The minimum absolute atomic E-state index is 0. The lowest BCUT2D eigenvalue weighted by molar-refractivity contribution is -0.171. The number of nitrogens with one attached hydrogen (secondary N) is 2. The Morgan fingerprint density at radius 1 is 1.43 bits per heavy atom. The van der Waals surface area contributed by atoms with Gasteiger partial charge < -0.3 is 19.8 Å². The van der Waals surface area contributed by atoms with E-state index in [9.17, 15) is 0 Å². The van der Waals surface area contributed by atoms with Crippen LogP contribution in [0.25, 0.3) is 0 Å². The highest BCUT2D eigenvalue weighted by Crippen LogP contribution is 2.62. The average Bonchev–Trinajstić information content (AvgIpc) is 3.10. The molecule has 1 saturated heterocycles. The Labute approximate surface area is 154 Å². The predicted octanol–water partition coefficient (Wildman–Crippen LogP) is 2.91. The van der Waals surface area contributed by atoms with Gasteiger partial charge in [0.1, 0.15) is 0 Å². The SMILES string of the molecule is CCNC(=NCc1ccoc1)NC1C2CCOC2C12CCC2.I. The number of aliphatic imine (C=N–C) groups is 1. The van der Waals surface area contributed by atoms with Gasteiger partial charge in [0.15, 0.2) is 5.96 Å². The lowest BCUT2D eigenvalue weighted by atomic mass is 9.46. The summed E-state index contributed by atoms with van der Waals surface area (Å²) in [7, 11) is 0. The molecule has 23 heavy (non-hydrogen) atoms. The van der Waals surface area contributed by atoms with Crippen LogP contribution in [0.3, 0.4) is 0 Å². The summed E-state index contributed by atoms with van der Waals surface area (Å²) < 4.78 is 11.1. The van der Waals surface area contributed by atoms with Crippen LogP contribution in [0.15, 0.2) is 28.0 Å². The van der Waals surface area contributed by atoms with Crippen LogP contribution in [0.1, 0.15) is 38.2 Å². The van der Waals surface area contributed by atoms with E-state index in [-0.39, 0.29) is 24.0 Å². The summed E-state index contributed by atoms with van der Waals surface area (Å²) in [5.41, 5.74) is 1.48. The van der Waals surface area contributed by atoms with Crippen LogP contribution in [0.5, 0.6) is 0 Å². The van der Waals surface area contributed by atoms with Crippen LogP contribution >= 0.6 is 24.0 Å². The van der Waals surface area contributed by atoms with Gasteiger partial charge in [0.25, 0.3) is 0 Å². The van der Waals surface area contributed by atoms with Crippen LogP contribution in [0, 0.1) is 11.3 Å². The van der Waals surface area contributed by atoms with E-state index in [0.29, 0.717) is 30.0 Å². The molecule has 0 radical (unpaired) electrons. The molecule has 2 N–H and O–H groups in total. The lowest BCUT2D eigenvalue weighted by Crippen LogP contribution is -2.72. The van der Waals surface area contributed by atoms with E-state index in [1.54, 1.807) is 12.5 Å². The fraction of sp³-hybridized carbons (Fsp3) is 0.706. The van der Waals surface area contributed by atoms with Crippen LogP contribution in [0.4, 0.5) is 0 Å². The van der Waals surface area contributed by atoms with Gasteiger partial charge in [-0.1, -0.05) is 6.42 Å². The third-order valence-corrected chi connectivity index (χ3v) is 5.67. The molecule has 3 fully saturated rings. The summed E-state index contributed by atoms with van der Waals surface area (Å²) in [5.74, 6) is 1.59. The molecule has 1 aromatic rings. The maximum absolute atomic E-state index is 5.99. The highest BCUT2D eigenvalue weighted by atomic mass is 127. The molecular weight excluding hydrogens is 405 g/mol. The van der Waals surface area contributed by atoms with E-state index in [2.05, 4.69) is 17.6 Å². The minimum Gasteiger partial charge on any atom is -0.472 e. The third kappa shape index (κ3) is 2.88. The molecule has 1 aliphatic heterocycles. The van der Waals surface area contributed by atoms with Gasteiger partial charge >= 0.3 is 0 Å². The molecule has 1 spiro atoms. The van der Waals surface area contributed by atoms with Gasteiger partial charge in [0.05, 0.1) is 25.2 Å². The Morgan fingerprint density at radius 2 is 2.30 bits per heavy atom. The van der Waals surface area contributed by atoms with E-state index in [1.807, 2.05) is 6.07 Å². The van der Waals surface area contributed by atoms with Crippen molar-refractivity contribution in [2.75, 3.05) is 13.2 Å². The van der Waals surface area contributed by atoms with Crippen molar-refractivity contribution >= 4 is 29.9 Å². The Balaban J connectivity index is 0.00000156. The molecule has 4 rings (SSSR count). The van der Waals surface area contributed by atoms with Gasteiger partial charge in [0, 0.05) is 36.1 Å². The predicted molar refractivity (Wildman–Crippen MR) is 100.0 cm³/mol. The standard InChI is InChI=1S/C17H25N3O2.HI/c1-2-18-16(19-10-12-4-8-21-11-12)20-14-13-5-9-22-15(13)17(14)6-3-7-17;/h4,8,11,13-15H,2-3,5-7,9-10H2,1H3,(H2,18,19,20);1H. The second-order valence-corrected chi connectivity index (χ2v) is 6.78. The Morgan fingerprint density at radius 3 is 2.96 bits per heavy atom. The number of rotatable bonds is 4. The zero-order chi connectivity index (χ0) is 15.0. The van der Waals surface area contributed by atoms with Crippen LogP contribution < -0.4 is 10.6 Å². The van der Waals surface area contributed by atoms with Crippen molar-refractivity contribution in [2.45, 2.75) is 51.3 Å². The summed E-state index contributed by atoms with van der Waals surface area (Å²) in [6, 6.07) is 2.49. The van der Waals surface area contributed by atoms with Crippen molar-refractivity contribution < 1.29 is 9.15 Å². The first-order valence-corrected chi connectivity index (χ1v) is 8.51. The molecule has 6 heteroatoms. The first-order chi connectivity index (χ1) is 10.8. The fourth-order valence-electron chi connectivity index (χ4n) is 4.48. The van der Waals surface area contributed by atoms with E-state index >= 15 is 0 Å². The van der Waals surface area contributed by atoms with E-state index in [4.69, 9.17) is 14.1 Å². The fourth-order valence-corrected chi connectivity index (χ4v) is 4.48. The van der Waals surface area contributed by atoms with Crippen LogP contribution in [0.2, 0.25) is 0 Å². The Hall–Kier alpha value is -0.760. The van der Waals surface area contributed by atoms with Gasteiger partial charge in [-0.25, -0.2) is 4.99 Å². The van der Waals surface area contributed by atoms with E-state index in [1.165, 1.54) is 25.7 Å². The van der Waals surface area contributed by atoms with Crippen molar-refractivity contribution in [1.29, 1.82) is 0 Å². The molecule has 3 aliphatic rings. The average molecular weight is 431 g/mol. The monoisotopic (exact) mass is 431 g/mol. The van der Waals surface area contributed by atoms with Gasteiger partial charge in [-0.15, -0.1) is 24.0 Å². The molecule has 1 aromatic heterocycles. The second kappa shape index (κ2) is 7.01. The number of hydrogen-bond donors (Lipinski definition) is 2. The largest absolute Gasteiger partial charge is 0.472 e. The summed E-state index contributed by atoms with van der Waals surface area (Å²) in [5, 5.41) is 7.09. The summed E-state index contributed by atoms with van der Waals surface area (Å²) in [6.45, 7) is 4.56. The lowest BCUT2D eigenvalue weighted by Gasteiger charge is -2.63. The maximum Gasteiger partial charge on any atom is 0.191 e. The number of nitrogens with zero attached hydrogens (tertiary/aromatic N) is 1. The zero-order valence-electron chi connectivity index (χ0n) is 13.6. The van der Waals surface area contributed by atoms with Gasteiger partial charge in [-0.2, -0.15) is 0 Å². The minimum atomic E-state index is 0. The number of halogens is 1. The first kappa shape index (κ1) is 17.1. The molecule has 0 amide bonds. The molecular formula is C17H26IN3O2. The van der Waals surface area contributed by atoms with Gasteiger partial charge in [-0.05, 0) is 32.3 Å². The van der Waals surface area contributed by atoms with Crippen LogP contribution in [-0.4, -0.2) is 31.3 Å². The molecule has 128 valence electrons. The molecule has 3 atom stereocenters. The van der Waals surface area contributed by atoms with Crippen molar-refractivity contribution in [3.05, 3.63) is 24.2 Å². The molecule has 3 unspecified atom stereocenters. The molecule has 0 aromatic carbocycles. The zero-order valence-corrected chi connectivity index (χ0v) is 15.9. The molecule has 0 bridgehead atoms. The highest BCUT2D eigenvalue weighted by Gasteiger charge is 2.66. The maximum atomic E-state index is 5.99. The Kier molecular flexibility index (Phi) is 5.20. The smallest absolute Gasteiger partial charge is 0.191 e. The van der Waals surface area contributed by atoms with Gasteiger partial charge in [0.2, 0.25) is 0 Å². The van der Waals surface area contributed by atoms with Crippen molar-refractivity contribution in [3.8, 4) is 0 Å². The third-order valence-electron chi connectivity index (χ3n) is 5.67. The number of furan rings is 1. The van der Waals surface area contributed by atoms with E-state index < -0.39 is 0 Å². The number of ether oxygens (including phenoxy) is 1.